The van der Waals surface area contributed by atoms with E-state index >= 15 is 0 Å². The number of amides is 3. The molecule has 0 aliphatic carbocycles. The van der Waals surface area contributed by atoms with E-state index in [4.69, 9.17) is 4.74 Å². The summed E-state index contributed by atoms with van der Waals surface area (Å²) in [5.41, 5.74) is 0.172. The van der Waals surface area contributed by atoms with E-state index in [1.165, 1.54) is 0 Å². The van der Waals surface area contributed by atoms with Crippen molar-refractivity contribution >= 4 is 24.0 Å². The predicted molar refractivity (Wildman–Crippen MR) is 156 cm³/mol. The molecule has 0 radical (unpaired) electrons. The number of hydrogen-bond acceptors (Lipinski definition) is 4. The minimum atomic E-state index is -0.880. The second-order valence-electron chi connectivity index (χ2n) is 12.0. The average molecular weight is 530 g/mol. The molecule has 214 valence electrons. The van der Waals surface area contributed by atoms with E-state index in [2.05, 4.69) is 24.1 Å². The van der Waals surface area contributed by atoms with Gasteiger partial charge in [-0.1, -0.05) is 71.4 Å². The lowest BCUT2D eigenvalue weighted by Crippen LogP contribution is -2.59. The maximum Gasteiger partial charge on any atom is 0.408 e. The van der Waals surface area contributed by atoms with E-state index in [9.17, 15) is 14.4 Å². The molecular weight excluding hydrogens is 478 g/mol. The predicted octanol–water partition coefficient (Wildman–Crippen LogP) is 6.63. The fourth-order valence-electron chi connectivity index (χ4n) is 4.21. The van der Waals surface area contributed by atoms with Crippen molar-refractivity contribution in [2.45, 2.75) is 118 Å². The number of benzene rings is 1. The van der Waals surface area contributed by atoms with Gasteiger partial charge in [0.25, 0.3) is 0 Å². The number of hydrogen-bond donors (Lipinski definition) is 2. The number of nitrogens with one attached hydrogen (secondary N) is 2. The molecule has 1 aromatic carbocycles. The Labute approximate surface area is 230 Å². The van der Waals surface area contributed by atoms with Crippen LogP contribution in [0.25, 0.3) is 6.08 Å². The van der Waals surface area contributed by atoms with Gasteiger partial charge in [0.1, 0.15) is 17.7 Å². The number of ether oxygens (including phenoxy) is 1. The van der Waals surface area contributed by atoms with Gasteiger partial charge in [0.05, 0.1) is 0 Å². The summed E-state index contributed by atoms with van der Waals surface area (Å²) in [5, 5.41) is 5.87. The molecule has 0 aliphatic rings. The highest BCUT2D eigenvalue weighted by molar-refractivity contribution is 5.92. The van der Waals surface area contributed by atoms with Gasteiger partial charge < -0.3 is 20.3 Å². The second kappa shape index (κ2) is 14.9. The maximum atomic E-state index is 14.4. The summed E-state index contributed by atoms with van der Waals surface area (Å²) in [6.45, 7) is 21.8. The van der Waals surface area contributed by atoms with Crippen LogP contribution >= 0.6 is 0 Å². The molecule has 7 heteroatoms. The van der Waals surface area contributed by atoms with E-state index in [0.717, 1.165) is 24.8 Å². The van der Waals surface area contributed by atoms with Crippen molar-refractivity contribution in [3.63, 3.8) is 0 Å². The minimum Gasteiger partial charge on any atom is -0.444 e. The molecule has 7 nitrogen and oxygen atoms in total. The molecule has 0 bridgehead atoms. The highest BCUT2D eigenvalue weighted by Crippen LogP contribution is 2.33. The smallest absolute Gasteiger partial charge is 0.408 e. The first-order chi connectivity index (χ1) is 17.7. The van der Waals surface area contributed by atoms with Gasteiger partial charge in [-0.2, -0.15) is 0 Å². The fourth-order valence-corrected chi connectivity index (χ4v) is 4.21. The standard InChI is InChI=1S/C31H51N3O4/c1-11-14-15-19-32-27(35)26(24-18-16-17-23(12-2)21-24)34(31(9,10)13-3)28(36)25(20-22(4)5)33-29(37)38-30(6,7)8/h12,16-18,21-22,25-26H,2,11,13-15,19-20H2,1,3-10H3,(H,32,35)(H,33,37). The van der Waals surface area contributed by atoms with Crippen molar-refractivity contribution in [3.05, 3.63) is 42.0 Å². The molecule has 2 N–H and O–H groups in total. The van der Waals surface area contributed by atoms with Gasteiger partial charge in [-0.3, -0.25) is 9.59 Å². The van der Waals surface area contributed by atoms with E-state index in [-0.39, 0.29) is 17.7 Å². The zero-order chi connectivity index (χ0) is 29.1. The van der Waals surface area contributed by atoms with Crippen molar-refractivity contribution in [2.75, 3.05) is 6.54 Å². The summed E-state index contributed by atoms with van der Waals surface area (Å²) in [4.78, 5) is 42.6. The lowest BCUT2D eigenvalue weighted by Gasteiger charge is -2.45. The third-order valence-electron chi connectivity index (χ3n) is 6.50. The molecular formula is C31H51N3O4. The van der Waals surface area contributed by atoms with Crippen molar-refractivity contribution < 1.29 is 19.1 Å². The van der Waals surface area contributed by atoms with E-state index in [1.807, 2.05) is 58.9 Å². The molecule has 2 atom stereocenters. The summed E-state index contributed by atoms with van der Waals surface area (Å²) < 4.78 is 5.48. The Morgan fingerprint density at radius 3 is 2.26 bits per heavy atom. The molecule has 0 spiro atoms. The van der Waals surface area contributed by atoms with E-state index in [0.29, 0.717) is 24.9 Å². The van der Waals surface area contributed by atoms with Gasteiger partial charge in [-0.15, -0.1) is 0 Å². The largest absolute Gasteiger partial charge is 0.444 e. The quantitative estimate of drug-likeness (QED) is 0.265. The molecule has 1 aromatic rings. The van der Waals surface area contributed by atoms with Gasteiger partial charge in [-0.05, 0) is 77.0 Å². The monoisotopic (exact) mass is 529 g/mol. The molecule has 0 heterocycles. The van der Waals surface area contributed by atoms with Gasteiger partial charge in [0.15, 0.2) is 0 Å². The molecule has 0 saturated heterocycles. The number of rotatable bonds is 14. The van der Waals surface area contributed by atoms with E-state index < -0.39 is 29.3 Å². The van der Waals surface area contributed by atoms with Crippen molar-refractivity contribution in [1.82, 2.24) is 15.5 Å². The first-order valence-electron chi connectivity index (χ1n) is 14.0. The average Bonchev–Trinajstić information content (AvgIpc) is 2.82. The zero-order valence-electron chi connectivity index (χ0n) is 25.1. The van der Waals surface area contributed by atoms with Gasteiger partial charge in [0, 0.05) is 12.1 Å². The molecule has 38 heavy (non-hydrogen) atoms. The maximum absolute atomic E-state index is 14.4. The highest BCUT2D eigenvalue weighted by Gasteiger charge is 2.43. The summed E-state index contributed by atoms with van der Waals surface area (Å²) in [7, 11) is 0. The fraction of sp³-hybridized carbons (Fsp3) is 0.645. The Morgan fingerprint density at radius 1 is 1.08 bits per heavy atom. The molecule has 3 amide bonds. The SMILES string of the molecule is C=Cc1cccc(C(C(=O)NCCCCC)N(C(=O)C(CC(C)C)NC(=O)OC(C)(C)C)C(C)(C)CC)c1. The summed E-state index contributed by atoms with van der Waals surface area (Å²) in [6.07, 6.45) is 5.01. The Bertz CT molecular complexity index is 933. The zero-order valence-corrected chi connectivity index (χ0v) is 25.1. The van der Waals surface area contributed by atoms with Crippen molar-refractivity contribution in [1.29, 1.82) is 0 Å². The van der Waals surface area contributed by atoms with Crippen molar-refractivity contribution in [2.24, 2.45) is 5.92 Å². The molecule has 2 unspecified atom stereocenters. The Kier molecular flexibility index (Phi) is 13.0. The van der Waals surface area contributed by atoms with Crippen LogP contribution in [0.5, 0.6) is 0 Å². The number of carbonyl (C=O) groups is 3. The normalized spacial score (nSPS) is 13.4. The first kappa shape index (κ1) is 33.2. The van der Waals surface area contributed by atoms with Crippen LogP contribution < -0.4 is 10.6 Å². The lowest BCUT2D eigenvalue weighted by molar-refractivity contribution is -0.149. The highest BCUT2D eigenvalue weighted by atomic mass is 16.6. The molecule has 0 saturated carbocycles. The molecule has 0 aliphatic heterocycles. The Hall–Kier alpha value is -2.83. The van der Waals surface area contributed by atoms with Crippen LogP contribution in [-0.2, 0) is 14.3 Å². The number of alkyl carbamates (subject to hydrolysis) is 1. The summed E-state index contributed by atoms with van der Waals surface area (Å²) in [5.74, 6) is -0.428. The van der Waals surface area contributed by atoms with Crippen LogP contribution in [0.2, 0.25) is 0 Å². The van der Waals surface area contributed by atoms with Crippen LogP contribution in [0.15, 0.2) is 30.8 Å². The Balaban J connectivity index is 3.62. The third-order valence-corrected chi connectivity index (χ3v) is 6.50. The van der Waals surface area contributed by atoms with Crippen LogP contribution in [0.3, 0.4) is 0 Å². The summed E-state index contributed by atoms with van der Waals surface area (Å²) >= 11 is 0. The van der Waals surface area contributed by atoms with Gasteiger partial charge in [-0.25, -0.2) is 4.79 Å². The minimum absolute atomic E-state index is 0.121. The number of nitrogens with zero attached hydrogens (tertiary/aromatic N) is 1. The summed E-state index contributed by atoms with van der Waals surface area (Å²) in [6, 6.07) is 5.82. The second-order valence-corrected chi connectivity index (χ2v) is 12.0. The van der Waals surface area contributed by atoms with E-state index in [1.54, 1.807) is 31.7 Å². The van der Waals surface area contributed by atoms with Crippen LogP contribution in [0.1, 0.15) is 112 Å². The lowest BCUT2D eigenvalue weighted by atomic mass is 9.90. The number of unbranched alkanes of at least 4 members (excludes halogenated alkanes) is 2. The van der Waals surface area contributed by atoms with Crippen LogP contribution in [-0.4, -0.2) is 46.5 Å². The first-order valence-corrected chi connectivity index (χ1v) is 14.0. The topological polar surface area (TPSA) is 87.7 Å². The van der Waals surface area contributed by atoms with Gasteiger partial charge in [0.2, 0.25) is 11.8 Å². The third kappa shape index (κ3) is 10.5. The Morgan fingerprint density at radius 2 is 1.74 bits per heavy atom. The molecule has 1 rings (SSSR count). The van der Waals surface area contributed by atoms with Crippen molar-refractivity contribution in [3.8, 4) is 0 Å². The van der Waals surface area contributed by atoms with Gasteiger partial charge >= 0.3 is 6.09 Å². The van der Waals surface area contributed by atoms with Crippen LogP contribution in [0.4, 0.5) is 4.79 Å². The van der Waals surface area contributed by atoms with Crippen LogP contribution in [0, 0.1) is 5.92 Å². The number of carbonyl (C=O) groups excluding carboxylic acids is 3. The molecule has 0 aromatic heterocycles. The molecule has 0 fully saturated rings.